The zero-order valence-electron chi connectivity index (χ0n) is 19.1. The summed E-state index contributed by atoms with van der Waals surface area (Å²) in [4.78, 5) is 12.8. The lowest BCUT2D eigenvalue weighted by Gasteiger charge is -2.14. The number of hydrogen-bond donors (Lipinski definition) is 0. The lowest BCUT2D eigenvalue weighted by atomic mass is 10.00. The topological polar surface area (TPSA) is 76.4 Å². The van der Waals surface area contributed by atoms with Crippen LogP contribution in [-0.2, 0) is 4.74 Å². The maximum absolute atomic E-state index is 12.8. The first-order valence-corrected chi connectivity index (χ1v) is 10.1. The van der Waals surface area contributed by atoms with Crippen molar-refractivity contribution in [3.8, 4) is 45.4 Å². The van der Waals surface area contributed by atoms with Crippen LogP contribution in [0.25, 0.3) is 33.4 Å². The molecule has 1 heterocycles. The van der Waals surface area contributed by atoms with E-state index in [0.717, 1.165) is 16.7 Å². The van der Waals surface area contributed by atoms with Gasteiger partial charge in [0.15, 0.2) is 11.5 Å². The Bertz CT molecular complexity index is 1280. The molecule has 7 heteroatoms. The van der Waals surface area contributed by atoms with Gasteiger partial charge in [-0.25, -0.2) is 4.79 Å². The Morgan fingerprint density at radius 3 is 1.88 bits per heavy atom. The summed E-state index contributed by atoms with van der Waals surface area (Å²) in [5, 5.41) is 0.638. The van der Waals surface area contributed by atoms with Crippen LogP contribution in [0.15, 0.2) is 59.0 Å². The molecule has 4 aromatic rings. The predicted octanol–water partition coefficient (Wildman–Crippen LogP) is 5.59. The number of ether oxygens (including phenoxy) is 5. The number of methoxy groups -OCH3 is 5. The van der Waals surface area contributed by atoms with Gasteiger partial charge in [0, 0.05) is 10.9 Å². The van der Waals surface area contributed by atoms with Crippen molar-refractivity contribution in [2.75, 3.05) is 35.5 Å². The molecule has 0 spiro atoms. The molecule has 33 heavy (non-hydrogen) atoms. The summed E-state index contributed by atoms with van der Waals surface area (Å²) >= 11 is 0. The molecule has 0 radical (unpaired) electrons. The second-order valence-electron chi connectivity index (χ2n) is 7.15. The number of benzene rings is 3. The van der Waals surface area contributed by atoms with Crippen LogP contribution in [0, 0.1) is 0 Å². The molecule has 0 bridgehead atoms. The van der Waals surface area contributed by atoms with Gasteiger partial charge in [-0.3, -0.25) is 0 Å². The van der Waals surface area contributed by atoms with E-state index in [9.17, 15) is 4.79 Å². The largest absolute Gasteiger partial charge is 0.497 e. The summed E-state index contributed by atoms with van der Waals surface area (Å²) in [5.74, 6) is 2.23. The van der Waals surface area contributed by atoms with Crippen molar-refractivity contribution in [3.05, 3.63) is 60.2 Å². The standard InChI is InChI=1S/C26H24O7/c1-28-18-9-6-15(7-10-18)24-23(26(27)32-5)19-12-16(8-11-20(19)33-24)17-13-21(29-2)25(31-4)22(14-17)30-3/h6-14H,1-5H3. The van der Waals surface area contributed by atoms with Gasteiger partial charge in [0.25, 0.3) is 0 Å². The third kappa shape index (κ3) is 3.93. The van der Waals surface area contributed by atoms with Gasteiger partial charge in [0.2, 0.25) is 5.75 Å². The molecule has 0 aliphatic rings. The second-order valence-corrected chi connectivity index (χ2v) is 7.15. The highest BCUT2D eigenvalue weighted by molar-refractivity contribution is 6.09. The number of fused-ring (bicyclic) bond motifs is 1. The fraction of sp³-hybridized carbons (Fsp3) is 0.192. The van der Waals surface area contributed by atoms with Gasteiger partial charge in [0.05, 0.1) is 35.5 Å². The van der Waals surface area contributed by atoms with Crippen molar-refractivity contribution in [1.29, 1.82) is 0 Å². The molecule has 0 saturated carbocycles. The first kappa shape index (κ1) is 22.1. The third-order valence-electron chi connectivity index (χ3n) is 5.43. The monoisotopic (exact) mass is 448 g/mol. The van der Waals surface area contributed by atoms with E-state index in [1.807, 2.05) is 54.6 Å². The average Bonchev–Trinajstić information content (AvgIpc) is 3.26. The van der Waals surface area contributed by atoms with E-state index in [1.54, 1.807) is 28.4 Å². The lowest BCUT2D eigenvalue weighted by Crippen LogP contribution is -2.02. The molecular weight excluding hydrogens is 424 g/mol. The van der Waals surface area contributed by atoms with Crippen LogP contribution in [0.4, 0.5) is 0 Å². The van der Waals surface area contributed by atoms with Crippen molar-refractivity contribution < 1.29 is 32.9 Å². The summed E-state index contributed by atoms with van der Waals surface area (Å²) in [6.07, 6.45) is 0. The fourth-order valence-electron chi connectivity index (χ4n) is 3.78. The molecule has 0 atom stereocenters. The smallest absolute Gasteiger partial charge is 0.342 e. The Labute approximate surface area is 191 Å². The average molecular weight is 448 g/mol. The Hall–Kier alpha value is -4.13. The summed E-state index contributed by atoms with van der Waals surface area (Å²) in [6, 6.07) is 16.6. The number of furan rings is 1. The second kappa shape index (κ2) is 9.16. The van der Waals surface area contributed by atoms with Crippen LogP contribution >= 0.6 is 0 Å². The van der Waals surface area contributed by atoms with Gasteiger partial charge in [-0.05, 0) is 59.7 Å². The van der Waals surface area contributed by atoms with Gasteiger partial charge < -0.3 is 28.1 Å². The fourth-order valence-corrected chi connectivity index (χ4v) is 3.78. The van der Waals surface area contributed by atoms with Crippen LogP contribution in [0.1, 0.15) is 10.4 Å². The van der Waals surface area contributed by atoms with Crippen LogP contribution in [0.2, 0.25) is 0 Å². The van der Waals surface area contributed by atoms with Crippen molar-refractivity contribution >= 4 is 16.9 Å². The summed E-state index contributed by atoms with van der Waals surface area (Å²) in [6.45, 7) is 0. The molecule has 0 unspecified atom stereocenters. The predicted molar refractivity (Wildman–Crippen MR) is 125 cm³/mol. The molecule has 0 N–H and O–H groups in total. The molecule has 7 nitrogen and oxygen atoms in total. The van der Waals surface area contributed by atoms with Crippen molar-refractivity contribution in [2.24, 2.45) is 0 Å². The molecule has 170 valence electrons. The molecule has 0 fully saturated rings. The summed E-state index contributed by atoms with van der Waals surface area (Å²) < 4.78 is 32.8. The maximum atomic E-state index is 12.8. The van der Waals surface area contributed by atoms with Crippen LogP contribution in [0.5, 0.6) is 23.0 Å². The Morgan fingerprint density at radius 2 is 1.33 bits per heavy atom. The summed E-state index contributed by atoms with van der Waals surface area (Å²) in [7, 11) is 7.64. The van der Waals surface area contributed by atoms with Crippen molar-refractivity contribution in [2.45, 2.75) is 0 Å². The maximum Gasteiger partial charge on any atom is 0.342 e. The van der Waals surface area contributed by atoms with Crippen molar-refractivity contribution in [3.63, 3.8) is 0 Å². The number of carbonyl (C=O) groups excluding carboxylic acids is 1. The van der Waals surface area contributed by atoms with Gasteiger partial charge in [-0.15, -0.1) is 0 Å². The van der Waals surface area contributed by atoms with E-state index >= 15 is 0 Å². The minimum Gasteiger partial charge on any atom is -0.497 e. The van der Waals surface area contributed by atoms with Crippen LogP contribution < -0.4 is 18.9 Å². The number of hydrogen-bond acceptors (Lipinski definition) is 7. The van der Waals surface area contributed by atoms with Gasteiger partial charge in [-0.1, -0.05) is 6.07 Å². The van der Waals surface area contributed by atoms with Gasteiger partial charge in [0.1, 0.15) is 22.7 Å². The van der Waals surface area contributed by atoms with Crippen LogP contribution in [-0.4, -0.2) is 41.5 Å². The highest BCUT2D eigenvalue weighted by atomic mass is 16.5. The molecule has 3 aromatic carbocycles. The van der Waals surface area contributed by atoms with Gasteiger partial charge in [-0.2, -0.15) is 0 Å². The third-order valence-corrected chi connectivity index (χ3v) is 5.43. The first-order chi connectivity index (χ1) is 16.0. The molecular formula is C26H24O7. The molecule has 0 saturated heterocycles. The first-order valence-electron chi connectivity index (χ1n) is 10.1. The summed E-state index contributed by atoms with van der Waals surface area (Å²) in [5.41, 5.74) is 3.33. The SMILES string of the molecule is COC(=O)c1c(-c2ccc(OC)cc2)oc2ccc(-c3cc(OC)c(OC)c(OC)c3)cc12. The molecule has 0 aliphatic heterocycles. The number of carbonyl (C=O) groups is 1. The number of rotatable bonds is 7. The van der Waals surface area contributed by atoms with Crippen molar-refractivity contribution in [1.82, 2.24) is 0 Å². The zero-order chi connectivity index (χ0) is 23.5. The Balaban J connectivity index is 1.91. The molecule has 4 rings (SSSR count). The van der Waals surface area contributed by atoms with E-state index in [4.69, 9.17) is 28.1 Å². The van der Waals surface area contributed by atoms with E-state index in [0.29, 0.717) is 45.3 Å². The highest BCUT2D eigenvalue weighted by Gasteiger charge is 2.24. The minimum atomic E-state index is -0.485. The number of esters is 1. The minimum absolute atomic E-state index is 0.354. The van der Waals surface area contributed by atoms with Gasteiger partial charge >= 0.3 is 5.97 Å². The Morgan fingerprint density at radius 1 is 0.697 bits per heavy atom. The van der Waals surface area contributed by atoms with E-state index < -0.39 is 5.97 Å². The van der Waals surface area contributed by atoms with E-state index in [-0.39, 0.29) is 0 Å². The normalized spacial score (nSPS) is 10.7. The zero-order valence-corrected chi connectivity index (χ0v) is 19.1. The van der Waals surface area contributed by atoms with Crippen LogP contribution in [0.3, 0.4) is 0 Å². The molecule has 0 amide bonds. The molecule has 1 aromatic heterocycles. The highest BCUT2D eigenvalue weighted by Crippen LogP contribution is 2.43. The quantitative estimate of drug-likeness (QED) is 0.341. The van der Waals surface area contributed by atoms with E-state index in [1.165, 1.54) is 7.11 Å². The van der Waals surface area contributed by atoms with E-state index in [2.05, 4.69) is 0 Å². The Kier molecular flexibility index (Phi) is 6.13. The molecule has 0 aliphatic carbocycles. The lowest BCUT2D eigenvalue weighted by molar-refractivity contribution is 0.0603.